The average Bonchev–Trinajstić information content (AvgIpc) is 3.05. The van der Waals surface area contributed by atoms with E-state index < -0.39 is 17.6 Å². The standard InChI is InChI=1S/C14H14ClNO4S/c15-9-1-2-10-8(5-9)6-11(20-10)12(17)16-14(13(18)19)3-4-21-7-14/h1-2,5,11H,3-4,6-7H2,(H,16,17)(H,18,19)/t11-,14+/m1/s1. The summed E-state index contributed by atoms with van der Waals surface area (Å²) in [7, 11) is 0. The van der Waals surface area contributed by atoms with Gasteiger partial charge in [-0.1, -0.05) is 11.6 Å². The highest BCUT2D eigenvalue weighted by Crippen LogP contribution is 2.32. The van der Waals surface area contributed by atoms with E-state index in [1.54, 1.807) is 18.2 Å². The summed E-state index contributed by atoms with van der Waals surface area (Å²) < 4.78 is 5.59. The van der Waals surface area contributed by atoms with Gasteiger partial charge in [-0.15, -0.1) is 0 Å². The highest BCUT2D eigenvalue weighted by molar-refractivity contribution is 7.99. The summed E-state index contributed by atoms with van der Waals surface area (Å²) >= 11 is 7.44. The van der Waals surface area contributed by atoms with Crippen LogP contribution in [0.5, 0.6) is 5.75 Å². The molecule has 0 bridgehead atoms. The molecule has 0 radical (unpaired) electrons. The van der Waals surface area contributed by atoms with Gasteiger partial charge in [0.05, 0.1) is 0 Å². The first-order valence-corrected chi connectivity index (χ1v) is 8.12. The number of hydrogen-bond acceptors (Lipinski definition) is 4. The molecule has 2 aliphatic heterocycles. The van der Waals surface area contributed by atoms with E-state index in [9.17, 15) is 14.7 Å². The molecule has 0 aromatic heterocycles. The molecule has 0 unspecified atom stereocenters. The Balaban J connectivity index is 1.71. The zero-order valence-corrected chi connectivity index (χ0v) is 12.7. The largest absolute Gasteiger partial charge is 0.480 e. The van der Waals surface area contributed by atoms with Crippen LogP contribution in [-0.2, 0) is 16.0 Å². The Morgan fingerprint density at radius 3 is 2.95 bits per heavy atom. The number of aliphatic carboxylic acids is 1. The average molecular weight is 328 g/mol. The van der Waals surface area contributed by atoms with Gasteiger partial charge in [-0.25, -0.2) is 4.79 Å². The highest BCUT2D eigenvalue weighted by Gasteiger charge is 2.45. The second kappa shape index (κ2) is 5.42. The molecule has 21 heavy (non-hydrogen) atoms. The topological polar surface area (TPSA) is 75.6 Å². The van der Waals surface area contributed by atoms with Crippen molar-refractivity contribution in [1.82, 2.24) is 5.32 Å². The monoisotopic (exact) mass is 327 g/mol. The van der Waals surface area contributed by atoms with Gasteiger partial charge in [0.25, 0.3) is 5.91 Å². The minimum atomic E-state index is -1.17. The van der Waals surface area contributed by atoms with E-state index in [0.29, 0.717) is 29.4 Å². The van der Waals surface area contributed by atoms with Crippen molar-refractivity contribution in [3.8, 4) is 5.75 Å². The number of nitrogens with one attached hydrogen (secondary N) is 1. The number of halogens is 1. The molecule has 1 aromatic rings. The minimum Gasteiger partial charge on any atom is -0.480 e. The van der Waals surface area contributed by atoms with Crippen LogP contribution in [-0.4, -0.2) is 40.1 Å². The summed E-state index contributed by atoms with van der Waals surface area (Å²) in [6.07, 6.45) is 0.148. The van der Waals surface area contributed by atoms with E-state index in [1.807, 2.05) is 0 Å². The maximum Gasteiger partial charge on any atom is 0.330 e. The molecule has 0 aliphatic carbocycles. The van der Waals surface area contributed by atoms with Gasteiger partial charge in [0.15, 0.2) is 6.10 Å². The predicted molar refractivity (Wildman–Crippen MR) is 80.0 cm³/mol. The van der Waals surface area contributed by atoms with Crippen molar-refractivity contribution in [3.05, 3.63) is 28.8 Å². The van der Waals surface area contributed by atoms with Crippen LogP contribution in [0.1, 0.15) is 12.0 Å². The lowest BCUT2D eigenvalue weighted by Gasteiger charge is -2.26. The second-order valence-corrected chi connectivity index (χ2v) is 6.78. The summed E-state index contributed by atoms with van der Waals surface area (Å²) in [6.45, 7) is 0. The number of rotatable bonds is 3. The SMILES string of the molecule is O=C(N[C@@]1(C(=O)O)CCSC1)[C@H]1Cc2cc(Cl)ccc2O1. The lowest BCUT2D eigenvalue weighted by molar-refractivity contribution is -0.147. The van der Waals surface area contributed by atoms with E-state index in [-0.39, 0.29) is 5.91 Å². The number of fused-ring (bicyclic) bond motifs is 1. The fraction of sp³-hybridized carbons (Fsp3) is 0.429. The Morgan fingerprint density at radius 2 is 2.29 bits per heavy atom. The van der Waals surface area contributed by atoms with Gasteiger partial charge < -0.3 is 15.2 Å². The zero-order chi connectivity index (χ0) is 15.0. The van der Waals surface area contributed by atoms with Gasteiger partial charge in [-0.3, -0.25) is 4.79 Å². The van der Waals surface area contributed by atoms with Gasteiger partial charge in [0.2, 0.25) is 0 Å². The molecule has 2 N–H and O–H groups in total. The quantitative estimate of drug-likeness (QED) is 0.884. The molecular weight excluding hydrogens is 314 g/mol. The number of carboxylic acid groups (broad SMARTS) is 1. The van der Waals surface area contributed by atoms with Gasteiger partial charge in [0.1, 0.15) is 11.3 Å². The molecule has 1 saturated heterocycles. The molecule has 1 amide bonds. The van der Waals surface area contributed by atoms with Crippen LogP contribution >= 0.6 is 23.4 Å². The third kappa shape index (κ3) is 2.70. The molecule has 2 heterocycles. The summed E-state index contributed by atoms with van der Waals surface area (Å²) in [5.41, 5.74) is -0.301. The van der Waals surface area contributed by atoms with Crippen molar-refractivity contribution in [1.29, 1.82) is 0 Å². The van der Waals surface area contributed by atoms with Crippen LogP contribution in [0.25, 0.3) is 0 Å². The number of hydrogen-bond donors (Lipinski definition) is 2. The number of carboxylic acids is 1. The maximum absolute atomic E-state index is 12.3. The number of ether oxygens (including phenoxy) is 1. The molecule has 2 aliphatic rings. The third-order valence-electron chi connectivity index (χ3n) is 3.78. The lowest BCUT2D eigenvalue weighted by atomic mass is 9.98. The summed E-state index contributed by atoms with van der Waals surface area (Å²) in [4.78, 5) is 23.8. The van der Waals surface area contributed by atoms with E-state index in [2.05, 4.69) is 5.32 Å². The molecule has 3 rings (SSSR count). The minimum absolute atomic E-state index is 0.382. The second-order valence-electron chi connectivity index (χ2n) is 5.24. The van der Waals surface area contributed by atoms with Crippen molar-refractivity contribution in [3.63, 3.8) is 0 Å². The molecule has 0 spiro atoms. The molecule has 5 nitrogen and oxygen atoms in total. The molecular formula is C14H14ClNO4S. The van der Waals surface area contributed by atoms with Crippen molar-refractivity contribution < 1.29 is 19.4 Å². The first-order chi connectivity index (χ1) is 10.00. The van der Waals surface area contributed by atoms with Crippen LogP contribution in [0.3, 0.4) is 0 Å². The Kier molecular flexibility index (Phi) is 3.75. The summed E-state index contributed by atoms with van der Waals surface area (Å²) in [6, 6.07) is 5.19. The van der Waals surface area contributed by atoms with Gasteiger partial charge >= 0.3 is 5.97 Å². The van der Waals surface area contributed by atoms with Crippen LogP contribution < -0.4 is 10.1 Å². The fourth-order valence-electron chi connectivity index (χ4n) is 2.57. The number of thioether (sulfide) groups is 1. The molecule has 1 fully saturated rings. The van der Waals surface area contributed by atoms with Crippen molar-refractivity contribution in [2.75, 3.05) is 11.5 Å². The predicted octanol–water partition coefficient (Wildman–Crippen LogP) is 1.72. The maximum atomic E-state index is 12.3. The Hall–Kier alpha value is -1.40. The zero-order valence-electron chi connectivity index (χ0n) is 11.1. The van der Waals surface area contributed by atoms with Crippen LogP contribution in [0.2, 0.25) is 5.02 Å². The highest BCUT2D eigenvalue weighted by atomic mass is 35.5. The van der Waals surface area contributed by atoms with Gasteiger partial charge in [-0.2, -0.15) is 11.8 Å². The molecule has 0 saturated carbocycles. The summed E-state index contributed by atoms with van der Waals surface area (Å²) in [5.74, 6) is 0.379. The fourth-order valence-corrected chi connectivity index (χ4v) is 4.09. The Bertz CT molecular complexity index is 601. The van der Waals surface area contributed by atoms with Gasteiger partial charge in [0, 0.05) is 17.2 Å². The Labute approximate surface area is 131 Å². The number of carbonyl (C=O) groups is 2. The number of benzene rings is 1. The van der Waals surface area contributed by atoms with E-state index >= 15 is 0 Å². The Morgan fingerprint density at radius 1 is 1.48 bits per heavy atom. The third-order valence-corrected chi connectivity index (χ3v) is 5.21. The van der Waals surface area contributed by atoms with Crippen molar-refractivity contribution in [2.24, 2.45) is 0 Å². The smallest absolute Gasteiger partial charge is 0.330 e. The lowest BCUT2D eigenvalue weighted by Crippen LogP contribution is -2.57. The number of amides is 1. The van der Waals surface area contributed by atoms with Crippen LogP contribution in [0.15, 0.2) is 18.2 Å². The van der Waals surface area contributed by atoms with Crippen LogP contribution in [0, 0.1) is 0 Å². The molecule has 1 aromatic carbocycles. The first kappa shape index (κ1) is 14.5. The van der Waals surface area contributed by atoms with Gasteiger partial charge in [-0.05, 0) is 35.9 Å². The molecule has 2 atom stereocenters. The van der Waals surface area contributed by atoms with Crippen LogP contribution in [0.4, 0.5) is 0 Å². The van der Waals surface area contributed by atoms with Crippen molar-refractivity contribution >= 4 is 35.2 Å². The van der Waals surface area contributed by atoms with Crippen molar-refractivity contribution in [2.45, 2.75) is 24.5 Å². The number of carbonyl (C=O) groups excluding carboxylic acids is 1. The normalized spacial score (nSPS) is 27.0. The molecule has 7 heteroatoms. The summed E-state index contributed by atoms with van der Waals surface area (Å²) in [5, 5.41) is 12.6. The van der Waals surface area contributed by atoms with E-state index in [0.717, 1.165) is 11.3 Å². The first-order valence-electron chi connectivity index (χ1n) is 6.58. The molecule has 112 valence electrons. The van der Waals surface area contributed by atoms with E-state index in [4.69, 9.17) is 16.3 Å². The van der Waals surface area contributed by atoms with E-state index in [1.165, 1.54) is 11.8 Å².